The van der Waals surface area contributed by atoms with Crippen molar-refractivity contribution < 1.29 is 13.2 Å². The molecule has 0 bridgehead atoms. The molecule has 0 spiro atoms. The van der Waals surface area contributed by atoms with E-state index in [2.05, 4.69) is 24.5 Å². The third-order valence-corrected chi connectivity index (χ3v) is 2.15. The second-order valence-corrected chi connectivity index (χ2v) is 4.28. The molecule has 0 aromatic heterocycles. The fraction of sp³-hybridized carbons (Fsp3) is 1.00. The Morgan fingerprint density at radius 1 is 0.938 bits per heavy atom. The van der Waals surface area contributed by atoms with E-state index >= 15 is 0 Å². The number of unbranched alkanes of at least 4 members (excludes halogenated alkanes) is 1. The second-order valence-electron chi connectivity index (χ2n) is 4.28. The van der Waals surface area contributed by atoms with E-state index in [4.69, 9.17) is 0 Å². The first kappa shape index (κ1) is 15.7. The monoisotopic (exact) mass is 240 g/mol. The van der Waals surface area contributed by atoms with E-state index < -0.39 is 12.6 Å². The van der Waals surface area contributed by atoms with Gasteiger partial charge in [0.1, 0.15) is 0 Å². The van der Waals surface area contributed by atoms with Gasteiger partial charge in [-0.15, -0.1) is 0 Å². The Morgan fingerprint density at radius 2 is 1.56 bits per heavy atom. The van der Waals surface area contributed by atoms with Gasteiger partial charge in [0, 0.05) is 12.5 Å². The van der Waals surface area contributed by atoms with Gasteiger partial charge in [0.25, 0.3) is 0 Å². The van der Waals surface area contributed by atoms with Crippen molar-refractivity contribution in [2.45, 2.75) is 51.7 Å². The van der Waals surface area contributed by atoms with Crippen LogP contribution in [0.25, 0.3) is 0 Å². The number of hydrogen-bond acceptors (Lipinski definition) is 2. The molecule has 2 nitrogen and oxygen atoms in total. The molecule has 0 aliphatic carbocycles. The lowest BCUT2D eigenvalue weighted by Gasteiger charge is -2.09. The van der Waals surface area contributed by atoms with Crippen molar-refractivity contribution in [3.63, 3.8) is 0 Å². The zero-order chi connectivity index (χ0) is 12.4. The van der Waals surface area contributed by atoms with Gasteiger partial charge in [-0.2, -0.15) is 13.2 Å². The van der Waals surface area contributed by atoms with Crippen molar-refractivity contribution in [1.29, 1.82) is 0 Å². The molecule has 0 saturated carbocycles. The van der Waals surface area contributed by atoms with E-state index in [1.165, 1.54) is 0 Å². The van der Waals surface area contributed by atoms with E-state index in [1.807, 2.05) is 0 Å². The third-order valence-electron chi connectivity index (χ3n) is 2.15. The standard InChI is InChI=1S/C11H23F3N2/c1-10(2)16-9-5-8-15-7-4-3-6-11(12,13)14/h10,15-16H,3-9H2,1-2H3. The Balaban J connectivity index is 3.05. The number of halogens is 3. The SMILES string of the molecule is CC(C)NCCCNCCCCC(F)(F)F. The van der Waals surface area contributed by atoms with Crippen LogP contribution >= 0.6 is 0 Å². The van der Waals surface area contributed by atoms with Crippen LogP contribution in [0.15, 0.2) is 0 Å². The molecule has 5 heteroatoms. The van der Waals surface area contributed by atoms with Crippen LogP contribution in [0, 0.1) is 0 Å². The Labute approximate surface area is 96.0 Å². The van der Waals surface area contributed by atoms with Crippen molar-refractivity contribution in [3.05, 3.63) is 0 Å². The zero-order valence-electron chi connectivity index (χ0n) is 10.2. The summed E-state index contributed by atoms with van der Waals surface area (Å²) in [4.78, 5) is 0. The minimum absolute atomic E-state index is 0.223. The summed E-state index contributed by atoms with van der Waals surface area (Å²) in [6, 6.07) is 0.492. The molecule has 0 atom stereocenters. The number of rotatable bonds is 9. The van der Waals surface area contributed by atoms with Crippen LogP contribution in [-0.2, 0) is 0 Å². The normalized spacial score (nSPS) is 12.4. The molecule has 0 aromatic rings. The summed E-state index contributed by atoms with van der Waals surface area (Å²) in [7, 11) is 0. The quantitative estimate of drug-likeness (QED) is 0.605. The smallest absolute Gasteiger partial charge is 0.317 e. The number of hydrogen-bond donors (Lipinski definition) is 2. The summed E-state index contributed by atoms with van der Waals surface area (Å²) < 4.78 is 35.3. The van der Waals surface area contributed by atoms with Crippen LogP contribution in [0.3, 0.4) is 0 Å². The van der Waals surface area contributed by atoms with Gasteiger partial charge in [-0.25, -0.2) is 0 Å². The highest BCUT2D eigenvalue weighted by Crippen LogP contribution is 2.21. The van der Waals surface area contributed by atoms with Crippen LogP contribution in [0.5, 0.6) is 0 Å². The largest absolute Gasteiger partial charge is 0.389 e. The predicted octanol–water partition coefficient (Wildman–Crippen LogP) is 2.70. The molecule has 2 N–H and O–H groups in total. The van der Waals surface area contributed by atoms with Gasteiger partial charge >= 0.3 is 6.18 Å². The van der Waals surface area contributed by atoms with Crippen molar-refractivity contribution in [2.75, 3.05) is 19.6 Å². The van der Waals surface area contributed by atoms with E-state index in [-0.39, 0.29) is 6.42 Å². The van der Waals surface area contributed by atoms with Crippen molar-refractivity contribution in [3.8, 4) is 0 Å². The Hall–Kier alpha value is -0.290. The van der Waals surface area contributed by atoms with Crippen molar-refractivity contribution in [2.24, 2.45) is 0 Å². The summed E-state index contributed by atoms with van der Waals surface area (Å²) in [5.41, 5.74) is 0. The molecule has 0 radical (unpaired) electrons. The lowest BCUT2D eigenvalue weighted by atomic mass is 10.2. The first-order chi connectivity index (χ1) is 7.42. The molecule has 0 rings (SSSR count). The summed E-state index contributed by atoms with van der Waals surface area (Å²) in [6.45, 7) is 6.67. The van der Waals surface area contributed by atoms with Gasteiger partial charge in [-0.3, -0.25) is 0 Å². The molecule has 98 valence electrons. The Bertz CT molecular complexity index is 158. The summed E-state index contributed by atoms with van der Waals surface area (Å²) in [5.74, 6) is 0. The first-order valence-corrected chi connectivity index (χ1v) is 5.92. The summed E-state index contributed by atoms with van der Waals surface area (Å²) >= 11 is 0. The van der Waals surface area contributed by atoms with E-state index in [0.717, 1.165) is 19.5 Å². The maximum Gasteiger partial charge on any atom is 0.389 e. The Morgan fingerprint density at radius 3 is 2.12 bits per heavy atom. The van der Waals surface area contributed by atoms with E-state index in [1.54, 1.807) is 0 Å². The lowest BCUT2D eigenvalue weighted by Crippen LogP contribution is -2.27. The maximum absolute atomic E-state index is 11.8. The summed E-state index contributed by atoms with van der Waals surface area (Å²) in [6.07, 6.45) is -2.83. The topological polar surface area (TPSA) is 24.1 Å². The maximum atomic E-state index is 11.8. The fourth-order valence-electron chi connectivity index (χ4n) is 1.30. The highest BCUT2D eigenvalue weighted by Gasteiger charge is 2.25. The third kappa shape index (κ3) is 13.7. The summed E-state index contributed by atoms with van der Waals surface area (Å²) in [5, 5.41) is 6.42. The van der Waals surface area contributed by atoms with Gasteiger partial charge in [0.05, 0.1) is 0 Å². The average Bonchev–Trinajstić information content (AvgIpc) is 2.13. The van der Waals surface area contributed by atoms with Gasteiger partial charge in [-0.05, 0) is 38.9 Å². The van der Waals surface area contributed by atoms with Crippen LogP contribution in [0.4, 0.5) is 13.2 Å². The first-order valence-electron chi connectivity index (χ1n) is 5.92. The molecule has 0 aliphatic rings. The molecule has 0 amide bonds. The lowest BCUT2D eigenvalue weighted by molar-refractivity contribution is -0.135. The van der Waals surface area contributed by atoms with E-state index in [9.17, 15) is 13.2 Å². The molecule has 0 unspecified atom stereocenters. The van der Waals surface area contributed by atoms with Crippen LogP contribution in [-0.4, -0.2) is 31.9 Å². The van der Waals surface area contributed by atoms with Gasteiger partial charge < -0.3 is 10.6 Å². The minimum Gasteiger partial charge on any atom is -0.317 e. The number of nitrogens with one attached hydrogen (secondary N) is 2. The molecule has 16 heavy (non-hydrogen) atoms. The average molecular weight is 240 g/mol. The van der Waals surface area contributed by atoms with Gasteiger partial charge in [-0.1, -0.05) is 13.8 Å². The molecule has 0 fully saturated rings. The minimum atomic E-state index is -4.00. The van der Waals surface area contributed by atoms with Crippen LogP contribution in [0.1, 0.15) is 39.5 Å². The molecule has 0 aliphatic heterocycles. The molecular formula is C11H23F3N2. The molecular weight excluding hydrogens is 217 g/mol. The molecule has 0 saturated heterocycles. The molecule has 0 aromatic carbocycles. The second kappa shape index (κ2) is 8.82. The van der Waals surface area contributed by atoms with Gasteiger partial charge in [0.15, 0.2) is 0 Å². The molecule has 0 heterocycles. The van der Waals surface area contributed by atoms with Gasteiger partial charge in [0.2, 0.25) is 0 Å². The zero-order valence-corrected chi connectivity index (χ0v) is 10.2. The highest BCUT2D eigenvalue weighted by atomic mass is 19.4. The van der Waals surface area contributed by atoms with Crippen LogP contribution < -0.4 is 10.6 Å². The van der Waals surface area contributed by atoms with Crippen LogP contribution in [0.2, 0.25) is 0 Å². The Kier molecular flexibility index (Phi) is 8.66. The fourth-order valence-corrected chi connectivity index (χ4v) is 1.30. The number of alkyl halides is 3. The van der Waals surface area contributed by atoms with Crippen molar-refractivity contribution >= 4 is 0 Å². The highest BCUT2D eigenvalue weighted by molar-refractivity contribution is 4.56. The van der Waals surface area contributed by atoms with E-state index in [0.29, 0.717) is 19.0 Å². The van der Waals surface area contributed by atoms with Crippen molar-refractivity contribution in [1.82, 2.24) is 10.6 Å². The predicted molar refractivity (Wildman–Crippen MR) is 60.5 cm³/mol.